The molecule has 1 amide bonds. The Morgan fingerprint density at radius 3 is 2.58 bits per heavy atom. The molecule has 2 aromatic heterocycles. The van der Waals surface area contributed by atoms with E-state index < -0.39 is 10.8 Å². The summed E-state index contributed by atoms with van der Waals surface area (Å²) in [6.45, 7) is 0.445. The van der Waals surface area contributed by atoms with Gasteiger partial charge >= 0.3 is 0 Å². The van der Waals surface area contributed by atoms with Crippen LogP contribution < -0.4 is 10.1 Å². The number of aromatic nitrogens is 2. The highest BCUT2D eigenvalue weighted by atomic mass is 79.9. The molecule has 0 radical (unpaired) electrons. The van der Waals surface area contributed by atoms with Crippen LogP contribution in [0.4, 0.5) is 15.9 Å². The third-order valence-corrected chi connectivity index (χ3v) is 5.10. The second-order valence-corrected chi connectivity index (χ2v) is 7.76. The maximum atomic E-state index is 13.1. The Hall–Kier alpha value is -3.99. The molecule has 9 nitrogen and oxygen atoms in total. The Morgan fingerprint density at radius 2 is 1.88 bits per heavy atom. The SMILES string of the molecule is O=C(Nc1nn(Cc2ccc(F)cc2)cc1Br)c1ccc(COc2ccc([N+](=O)[O-])cc2)o1. The highest BCUT2D eigenvalue weighted by Gasteiger charge is 2.16. The van der Waals surface area contributed by atoms with E-state index in [1.54, 1.807) is 29.1 Å². The summed E-state index contributed by atoms with van der Waals surface area (Å²) in [5, 5.41) is 17.7. The van der Waals surface area contributed by atoms with Crippen LogP contribution in [0.2, 0.25) is 0 Å². The molecule has 0 saturated carbocycles. The van der Waals surface area contributed by atoms with Gasteiger partial charge in [0.25, 0.3) is 11.6 Å². The normalized spacial score (nSPS) is 10.7. The molecule has 0 aliphatic carbocycles. The maximum Gasteiger partial charge on any atom is 0.292 e. The Morgan fingerprint density at radius 1 is 1.15 bits per heavy atom. The van der Waals surface area contributed by atoms with E-state index in [1.807, 2.05) is 0 Å². The number of nitrogens with zero attached hydrogens (tertiary/aromatic N) is 3. The van der Waals surface area contributed by atoms with Crippen molar-refractivity contribution < 1.29 is 23.3 Å². The van der Waals surface area contributed by atoms with Crippen molar-refractivity contribution in [3.8, 4) is 5.75 Å². The molecule has 33 heavy (non-hydrogen) atoms. The zero-order valence-corrected chi connectivity index (χ0v) is 18.5. The van der Waals surface area contributed by atoms with Crippen LogP contribution in [0, 0.1) is 15.9 Å². The number of hydrogen-bond acceptors (Lipinski definition) is 6. The van der Waals surface area contributed by atoms with Crippen molar-refractivity contribution in [1.82, 2.24) is 9.78 Å². The molecular formula is C22H16BrFN4O5. The van der Waals surface area contributed by atoms with Crippen LogP contribution in [0.3, 0.4) is 0 Å². The number of carbonyl (C=O) groups excluding carboxylic acids is 1. The summed E-state index contributed by atoms with van der Waals surface area (Å²) in [7, 11) is 0. The Bertz CT molecular complexity index is 1290. The molecule has 11 heteroatoms. The Kier molecular flexibility index (Phi) is 6.50. The zero-order chi connectivity index (χ0) is 23.4. The van der Waals surface area contributed by atoms with Crippen molar-refractivity contribution in [2.75, 3.05) is 5.32 Å². The molecule has 0 spiro atoms. The van der Waals surface area contributed by atoms with Crippen molar-refractivity contribution in [2.45, 2.75) is 13.2 Å². The minimum absolute atomic E-state index is 0.0365. The molecular weight excluding hydrogens is 499 g/mol. The van der Waals surface area contributed by atoms with Crippen LogP contribution >= 0.6 is 15.9 Å². The third kappa shape index (κ3) is 5.63. The summed E-state index contributed by atoms with van der Waals surface area (Å²) in [4.78, 5) is 22.7. The van der Waals surface area contributed by atoms with E-state index >= 15 is 0 Å². The molecule has 2 heterocycles. The number of nitro benzene ring substituents is 1. The van der Waals surface area contributed by atoms with E-state index in [9.17, 15) is 19.3 Å². The van der Waals surface area contributed by atoms with E-state index in [0.717, 1.165) is 5.56 Å². The first-order valence-electron chi connectivity index (χ1n) is 9.62. The number of furan rings is 1. The third-order valence-electron chi connectivity index (χ3n) is 4.52. The van der Waals surface area contributed by atoms with Gasteiger partial charge in [-0.3, -0.25) is 19.6 Å². The van der Waals surface area contributed by atoms with Gasteiger partial charge in [0.05, 0.1) is 15.9 Å². The molecule has 0 unspecified atom stereocenters. The number of non-ortho nitro benzene ring substituents is 1. The van der Waals surface area contributed by atoms with Crippen LogP contribution in [-0.2, 0) is 13.2 Å². The molecule has 2 aromatic carbocycles. The van der Waals surface area contributed by atoms with Crippen LogP contribution in [0.25, 0.3) is 0 Å². The first-order valence-corrected chi connectivity index (χ1v) is 10.4. The van der Waals surface area contributed by atoms with E-state index in [4.69, 9.17) is 9.15 Å². The predicted molar refractivity (Wildman–Crippen MR) is 120 cm³/mol. The second-order valence-electron chi connectivity index (χ2n) is 6.91. The van der Waals surface area contributed by atoms with Crippen LogP contribution in [-0.4, -0.2) is 20.6 Å². The lowest BCUT2D eigenvalue weighted by Gasteiger charge is -2.04. The minimum atomic E-state index is -0.496. The summed E-state index contributed by atoms with van der Waals surface area (Å²) in [5.41, 5.74) is 0.818. The average Bonchev–Trinajstić information content (AvgIpc) is 3.41. The van der Waals surface area contributed by atoms with Crippen LogP contribution in [0.1, 0.15) is 21.9 Å². The number of benzene rings is 2. The number of rotatable bonds is 8. The minimum Gasteiger partial charge on any atom is -0.486 e. The summed E-state index contributed by atoms with van der Waals surface area (Å²) in [5.74, 6) is 0.395. The van der Waals surface area contributed by atoms with Gasteiger partial charge in [-0.05, 0) is 57.9 Å². The molecule has 1 N–H and O–H groups in total. The lowest BCUT2D eigenvalue weighted by Crippen LogP contribution is -2.12. The first-order chi connectivity index (χ1) is 15.9. The molecule has 0 fully saturated rings. The van der Waals surface area contributed by atoms with E-state index in [0.29, 0.717) is 28.3 Å². The zero-order valence-electron chi connectivity index (χ0n) is 16.9. The molecule has 0 saturated heterocycles. The van der Waals surface area contributed by atoms with E-state index in [2.05, 4.69) is 26.3 Å². The number of carbonyl (C=O) groups is 1. The van der Waals surface area contributed by atoms with E-state index in [-0.39, 0.29) is 23.9 Å². The highest BCUT2D eigenvalue weighted by Crippen LogP contribution is 2.23. The molecule has 0 atom stereocenters. The van der Waals surface area contributed by atoms with Gasteiger partial charge in [0.15, 0.2) is 11.6 Å². The molecule has 4 rings (SSSR count). The summed E-state index contributed by atoms with van der Waals surface area (Å²) < 4.78 is 26.3. The fourth-order valence-electron chi connectivity index (χ4n) is 2.90. The summed E-state index contributed by atoms with van der Waals surface area (Å²) >= 11 is 3.36. The summed E-state index contributed by atoms with van der Waals surface area (Å²) in [6, 6.07) is 14.8. The molecule has 0 aliphatic rings. The van der Waals surface area contributed by atoms with Gasteiger partial charge in [-0.25, -0.2) is 4.39 Å². The van der Waals surface area contributed by atoms with Crippen molar-refractivity contribution in [3.63, 3.8) is 0 Å². The fourth-order valence-corrected chi connectivity index (χ4v) is 3.32. The lowest BCUT2D eigenvalue weighted by molar-refractivity contribution is -0.384. The van der Waals surface area contributed by atoms with Crippen molar-refractivity contribution >= 4 is 33.3 Å². The predicted octanol–water partition coefficient (Wildman–Crippen LogP) is 5.17. The van der Waals surface area contributed by atoms with Crippen molar-refractivity contribution in [1.29, 1.82) is 0 Å². The number of anilines is 1. The van der Waals surface area contributed by atoms with Gasteiger partial charge < -0.3 is 14.5 Å². The van der Waals surface area contributed by atoms with Gasteiger partial charge in [-0.1, -0.05) is 12.1 Å². The number of hydrogen-bond donors (Lipinski definition) is 1. The van der Waals surface area contributed by atoms with Gasteiger partial charge in [0.1, 0.15) is 23.9 Å². The highest BCUT2D eigenvalue weighted by molar-refractivity contribution is 9.10. The number of ether oxygens (including phenoxy) is 1. The fraction of sp³-hybridized carbons (Fsp3) is 0.0909. The van der Waals surface area contributed by atoms with Gasteiger partial charge in [-0.15, -0.1) is 0 Å². The number of nitrogens with one attached hydrogen (secondary N) is 1. The van der Waals surface area contributed by atoms with Crippen molar-refractivity contribution in [3.05, 3.63) is 104 Å². The largest absolute Gasteiger partial charge is 0.486 e. The standard InChI is InChI=1S/C22H16BrFN4O5/c23-19-12-27(11-14-1-3-15(24)4-2-14)26-21(19)25-22(29)20-10-9-18(33-20)13-32-17-7-5-16(6-8-17)28(30)31/h1-10,12H,11,13H2,(H,25,26,29). The number of nitro groups is 1. The monoisotopic (exact) mass is 514 g/mol. The van der Waals surface area contributed by atoms with Crippen LogP contribution in [0.5, 0.6) is 5.75 Å². The van der Waals surface area contributed by atoms with Gasteiger partial charge in [-0.2, -0.15) is 5.10 Å². The average molecular weight is 515 g/mol. The molecule has 4 aromatic rings. The quantitative estimate of drug-likeness (QED) is 0.256. The number of halogens is 2. The van der Waals surface area contributed by atoms with E-state index in [1.165, 1.54) is 42.5 Å². The lowest BCUT2D eigenvalue weighted by atomic mass is 10.2. The van der Waals surface area contributed by atoms with Gasteiger partial charge in [0, 0.05) is 18.3 Å². The molecule has 0 bridgehead atoms. The van der Waals surface area contributed by atoms with Crippen molar-refractivity contribution in [2.24, 2.45) is 0 Å². The maximum absolute atomic E-state index is 13.1. The molecule has 0 aliphatic heterocycles. The smallest absolute Gasteiger partial charge is 0.292 e. The second kappa shape index (κ2) is 9.65. The topological polar surface area (TPSA) is 112 Å². The summed E-state index contributed by atoms with van der Waals surface area (Å²) in [6.07, 6.45) is 1.70. The van der Waals surface area contributed by atoms with Crippen LogP contribution in [0.15, 0.2) is 75.8 Å². The Balaban J connectivity index is 1.35. The molecule has 168 valence electrons. The Labute approximate surface area is 195 Å². The first kappa shape index (κ1) is 22.2. The van der Waals surface area contributed by atoms with Gasteiger partial charge in [0.2, 0.25) is 0 Å². The number of amides is 1.